The Kier molecular flexibility index (Phi) is 8.01. The van der Waals surface area contributed by atoms with Crippen LogP contribution in [0.4, 0.5) is 11.4 Å². The number of carbonyl (C=O) groups excluding carboxylic acids is 3. The topological polar surface area (TPSA) is 159 Å². The van der Waals surface area contributed by atoms with E-state index in [1.54, 1.807) is 42.5 Å². The van der Waals surface area contributed by atoms with Crippen molar-refractivity contribution >= 4 is 40.6 Å². The van der Waals surface area contributed by atoms with Gasteiger partial charge in [0.2, 0.25) is 12.7 Å². The Morgan fingerprint density at radius 1 is 1.05 bits per heavy atom. The van der Waals surface area contributed by atoms with Gasteiger partial charge in [0.25, 0.3) is 11.8 Å². The quantitative estimate of drug-likeness (QED) is 0.259. The Hall–Kier alpha value is -5.10. The van der Waals surface area contributed by atoms with Crippen molar-refractivity contribution in [2.24, 2.45) is 5.73 Å². The molecule has 0 saturated carbocycles. The third-order valence-corrected chi connectivity index (χ3v) is 7.18. The fourth-order valence-corrected chi connectivity index (χ4v) is 5.11. The lowest BCUT2D eigenvalue weighted by Gasteiger charge is -2.31. The Bertz CT molecular complexity index is 1570. The number of nitrogens with two attached hydrogens (primary N) is 2. The van der Waals surface area contributed by atoms with Gasteiger partial charge in [0.05, 0.1) is 12.3 Å². The minimum Gasteiger partial charge on any atom is -0.494 e. The summed E-state index contributed by atoms with van der Waals surface area (Å²) in [5.74, 6) is -0.456. The third kappa shape index (κ3) is 5.77. The predicted molar refractivity (Wildman–Crippen MR) is 153 cm³/mol. The van der Waals surface area contributed by atoms with E-state index in [-0.39, 0.29) is 29.6 Å². The van der Waals surface area contributed by atoms with Gasteiger partial charge in [-0.2, -0.15) is 4.37 Å². The van der Waals surface area contributed by atoms with E-state index in [1.165, 1.54) is 4.90 Å². The highest BCUT2D eigenvalue weighted by Gasteiger charge is 2.36. The maximum atomic E-state index is 14.3. The van der Waals surface area contributed by atoms with E-state index in [0.717, 1.165) is 17.1 Å². The molecule has 41 heavy (non-hydrogen) atoms. The van der Waals surface area contributed by atoms with Gasteiger partial charge in [-0.15, -0.1) is 0 Å². The molecule has 1 atom stereocenters. The first kappa shape index (κ1) is 27.5. The van der Waals surface area contributed by atoms with Gasteiger partial charge in [-0.1, -0.05) is 42.5 Å². The first-order valence-corrected chi connectivity index (χ1v) is 13.5. The second-order valence-corrected chi connectivity index (χ2v) is 9.73. The summed E-state index contributed by atoms with van der Waals surface area (Å²) in [5.41, 5.74) is 12.9. The van der Waals surface area contributed by atoms with Crippen molar-refractivity contribution in [1.29, 1.82) is 0 Å². The van der Waals surface area contributed by atoms with Crippen LogP contribution in [0.2, 0.25) is 0 Å². The molecule has 2 heterocycles. The number of rotatable bonds is 10. The Morgan fingerprint density at radius 2 is 1.78 bits per heavy atom. The highest BCUT2D eigenvalue weighted by molar-refractivity contribution is 7.09. The summed E-state index contributed by atoms with van der Waals surface area (Å²) < 4.78 is 20.6. The van der Waals surface area contributed by atoms with Gasteiger partial charge >= 0.3 is 0 Å². The summed E-state index contributed by atoms with van der Waals surface area (Å²) in [5, 5.41) is 2.95. The van der Waals surface area contributed by atoms with Crippen LogP contribution >= 0.6 is 11.5 Å². The normalized spacial score (nSPS) is 12.4. The third-order valence-electron chi connectivity index (χ3n) is 6.33. The summed E-state index contributed by atoms with van der Waals surface area (Å²) >= 11 is 0.730. The second-order valence-electron chi connectivity index (χ2n) is 8.96. The van der Waals surface area contributed by atoms with Crippen LogP contribution in [0.3, 0.4) is 0 Å². The number of aromatic nitrogens is 1. The lowest BCUT2D eigenvalue weighted by Crippen LogP contribution is -2.44. The van der Waals surface area contributed by atoms with Crippen LogP contribution in [0.5, 0.6) is 17.2 Å². The molecule has 1 aromatic heterocycles. The Morgan fingerprint density at radius 3 is 2.46 bits per heavy atom. The first-order valence-electron chi connectivity index (χ1n) is 12.7. The average molecular weight is 574 g/mol. The second kappa shape index (κ2) is 12.0. The number of ether oxygens (including phenoxy) is 3. The van der Waals surface area contributed by atoms with Gasteiger partial charge in [-0.25, -0.2) is 0 Å². The monoisotopic (exact) mass is 573 g/mol. The van der Waals surface area contributed by atoms with E-state index in [4.69, 9.17) is 25.7 Å². The molecular weight excluding hydrogens is 546 g/mol. The SMILES string of the molecule is CCOc1ccc([C@@H](C(=O)NCc2ccccc2)N(C(=O)c2snc(C(N)=O)c2N)c2ccc3c(c2)OCO3)cc1. The maximum absolute atomic E-state index is 14.3. The van der Waals surface area contributed by atoms with Crippen LogP contribution in [-0.2, 0) is 11.3 Å². The van der Waals surface area contributed by atoms with Gasteiger partial charge in [-0.05, 0) is 53.8 Å². The number of fused-ring (bicyclic) bond motifs is 1. The van der Waals surface area contributed by atoms with E-state index in [9.17, 15) is 14.4 Å². The van der Waals surface area contributed by atoms with E-state index < -0.39 is 23.8 Å². The minimum absolute atomic E-state index is 0.0242. The summed E-state index contributed by atoms with van der Waals surface area (Å²) in [6.07, 6.45) is 0. The zero-order chi connectivity index (χ0) is 28.9. The van der Waals surface area contributed by atoms with E-state index >= 15 is 0 Å². The van der Waals surface area contributed by atoms with Crippen molar-refractivity contribution in [1.82, 2.24) is 9.69 Å². The maximum Gasteiger partial charge on any atom is 0.273 e. The van der Waals surface area contributed by atoms with Crippen LogP contribution in [-0.4, -0.2) is 35.5 Å². The molecule has 1 aliphatic rings. The number of anilines is 2. The van der Waals surface area contributed by atoms with Gasteiger partial charge < -0.3 is 31.0 Å². The van der Waals surface area contributed by atoms with Crippen molar-refractivity contribution in [3.8, 4) is 17.2 Å². The molecule has 0 bridgehead atoms. The number of hydrogen-bond donors (Lipinski definition) is 3. The van der Waals surface area contributed by atoms with Crippen LogP contribution in [0, 0.1) is 0 Å². The number of nitrogen functional groups attached to an aromatic ring is 1. The molecule has 4 aromatic rings. The standard InChI is InChI=1S/C29H27N5O6S/c1-2-38-20-11-8-18(9-12-20)25(28(36)32-15-17-6-4-3-5-7-17)34(19-10-13-21-22(14-19)40-16-39-21)29(37)26-23(30)24(27(31)35)33-41-26/h3-14,25H,2,15-16,30H2,1H3,(H2,31,35)(H,32,36)/t25-/m0/s1. The van der Waals surface area contributed by atoms with Crippen LogP contribution < -0.4 is 35.9 Å². The fraction of sp³-hybridized carbons (Fsp3) is 0.172. The smallest absolute Gasteiger partial charge is 0.273 e. The molecule has 0 unspecified atom stereocenters. The summed E-state index contributed by atoms with van der Waals surface area (Å²) in [4.78, 5) is 41.4. The molecule has 12 heteroatoms. The zero-order valence-electron chi connectivity index (χ0n) is 22.0. The van der Waals surface area contributed by atoms with Crippen LogP contribution in [0.15, 0.2) is 72.8 Å². The molecule has 210 valence electrons. The highest BCUT2D eigenvalue weighted by atomic mass is 32.1. The lowest BCUT2D eigenvalue weighted by atomic mass is 10.0. The molecule has 1 aliphatic heterocycles. The van der Waals surface area contributed by atoms with Gasteiger partial charge in [-0.3, -0.25) is 19.3 Å². The number of carbonyl (C=O) groups is 3. The number of nitrogens with one attached hydrogen (secondary N) is 1. The average Bonchev–Trinajstić information content (AvgIpc) is 3.61. The Labute approximate surface area is 239 Å². The van der Waals surface area contributed by atoms with Crippen molar-refractivity contribution < 1.29 is 28.6 Å². The molecule has 0 saturated heterocycles. The molecule has 5 rings (SSSR count). The van der Waals surface area contributed by atoms with E-state index in [2.05, 4.69) is 9.69 Å². The number of amides is 3. The van der Waals surface area contributed by atoms with Crippen molar-refractivity contribution in [2.75, 3.05) is 24.0 Å². The van der Waals surface area contributed by atoms with E-state index in [1.807, 2.05) is 37.3 Å². The minimum atomic E-state index is -1.17. The van der Waals surface area contributed by atoms with Crippen LogP contribution in [0.25, 0.3) is 0 Å². The van der Waals surface area contributed by atoms with Crippen molar-refractivity contribution in [3.63, 3.8) is 0 Å². The summed E-state index contributed by atoms with van der Waals surface area (Å²) in [6, 6.07) is 20.0. The number of nitrogens with zero attached hydrogens (tertiary/aromatic N) is 2. The van der Waals surface area contributed by atoms with Gasteiger partial charge in [0.15, 0.2) is 17.2 Å². The fourth-order valence-electron chi connectivity index (χ4n) is 4.37. The van der Waals surface area contributed by atoms with E-state index in [0.29, 0.717) is 35.1 Å². The molecule has 3 amide bonds. The highest BCUT2D eigenvalue weighted by Crippen LogP contribution is 2.40. The van der Waals surface area contributed by atoms with Crippen LogP contribution in [0.1, 0.15) is 44.3 Å². The Balaban J connectivity index is 1.62. The molecule has 0 fully saturated rings. The lowest BCUT2D eigenvalue weighted by molar-refractivity contribution is -0.122. The largest absolute Gasteiger partial charge is 0.494 e. The number of hydrogen-bond acceptors (Lipinski definition) is 9. The molecular formula is C29H27N5O6S. The van der Waals surface area contributed by atoms with Gasteiger partial charge in [0, 0.05) is 18.3 Å². The van der Waals surface area contributed by atoms with Crippen molar-refractivity contribution in [2.45, 2.75) is 19.5 Å². The predicted octanol–water partition coefficient (Wildman–Crippen LogP) is 3.66. The number of benzene rings is 3. The molecule has 3 aromatic carbocycles. The van der Waals surface area contributed by atoms with Crippen molar-refractivity contribution in [3.05, 3.63) is 94.5 Å². The van der Waals surface area contributed by atoms with Gasteiger partial charge in [0.1, 0.15) is 16.7 Å². The first-order chi connectivity index (χ1) is 19.9. The molecule has 5 N–H and O–H groups in total. The molecule has 0 aliphatic carbocycles. The molecule has 0 spiro atoms. The summed E-state index contributed by atoms with van der Waals surface area (Å²) in [7, 11) is 0. The number of primary amides is 1. The zero-order valence-corrected chi connectivity index (χ0v) is 22.9. The molecule has 11 nitrogen and oxygen atoms in total. The molecule has 0 radical (unpaired) electrons. The summed E-state index contributed by atoms with van der Waals surface area (Å²) in [6.45, 7) is 2.59.